The zero-order valence-corrected chi connectivity index (χ0v) is 49.9. The summed E-state index contributed by atoms with van der Waals surface area (Å²) in [5, 5.41) is 4.54. The number of furan rings is 2. The van der Waals surface area contributed by atoms with Gasteiger partial charge in [-0.15, -0.1) is 0 Å². The van der Waals surface area contributed by atoms with Crippen LogP contribution in [0.2, 0.25) is 0 Å². The van der Waals surface area contributed by atoms with Gasteiger partial charge in [-0.25, -0.2) is 0 Å². The molecule has 0 amide bonds. The van der Waals surface area contributed by atoms with Crippen LogP contribution in [0, 0.1) is 0 Å². The Morgan fingerprint density at radius 2 is 0.779 bits per heavy atom. The largest absolute Gasteiger partial charge is 0.456 e. The Bertz CT molecular complexity index is 5000. The van der Waals surface area contributed by atoms with Crippen molar-refractivity contribution in [2.24, 2.45) is 0 Å². The Morgan fingerprint density at radius 1 is 0.326 bits per heavy atom. The summed E-state index contributed by atoms with van der Waals surface area (Å²) >= 11 is 1.96. The van der Waals surface area contributed by atoms with Gasteiger partial charge in [0.2, 0.25) is 6.71 Å². The molecule has 1 atom stereocenters. The van der Waals surface area contributed by atoms with Gasteiger partial charge in [-0.2, -0.15) is 0 Å². The molecule has 0 spiro atoms. The molecule has 2 aliphatic heterocycles. The molecular weight excluding hydrogens is 1060 g/mol. The summed E-state index contributed by atoms with van der Waals surface area (Å²) < 4.78 is 12.8. The molecule has 1 aliphatic carbocycles. The maximum Gasteiger partial charge on any atom is 0.244 e. The molecule has 17 rings (SSSR count). The maximum absolute atomic E-state index is 6.45. The smallest absolute Gasteiger partial charge is 0.244 e. The van der Waals surface area contributed by atoms with Crippen LogP contribution in [0.15, 0.2) is 267 Å². The second-order valence-electron chi connectivity index (χ2n) is 26.2. The first kappa shape index (κ1) is 51.1. The predicted octanol–water partition coefficient (Wildman–Crippen LogP) is 20.4. The van der Waals surface area contributed by atoms with Gasteiger partial charge in [0.05, 0.1) is 0 Å². The van der Waals surface area contributed by atoms with Crippen LogP contribution >= 0.6 is 11.8 Å². The Morgan fingerprint density at radius 3 is 1.34 bits per heavy atom. The molecule has 0 N–H and O–H groups in total. The van der Waals surface area contributed by atoms with Crippen molar-refractivity contribution in [1.29, 1.82) is 0 Å². The molecule has 0 saturated heterocycles. The van der Waals surface area contributed by atoms with E-state index in [-0.39, 0.29) is 29.4 Å². The van der Waals surface area contributed by atoms with Crippen molar-refractivity contribution in [3.8, 4) is 55.6 Å². The number of benzene rings is 12. The van der Waals surface area contributed by atoms with E-state index in [0.717, 1.165) is 43.9 Å². The van der Waals surface area contributed by atoms with Gasteiger partial charge in [-0.3, -0.25) is 0 Å². The molecule has 4 heteroatoms. The highest BCUT2D eigenvalue weighted by Gasteiger charge is 2.44. The van der Waals surface area contributed by atoms with E-state index in [4.69, 9.17) is 8.83 Å². The lowest BCUT2D eigenvalue weighted by Crippen LogP contribution is -2.60. The van der Waals surface area contributed by atoms with Gasteiger partial charge in [0.1, 0.15) is 22.3 Å². The van der Waals surface area contributed by atoms with Gasteiger partial charge in [0, 0.05) is 43.2 Å². The minimum absolute atomic E-state index is 0.00545. The van der Waals surface area contributed by atoms with E-state index in [1.54, 1.807) is 0 Å². The number of hydrogen-bond donors (Lipinski definition) is 0. The van der Waals surface area contributed by atoms with Crippen LogP contribution in [-0.4, -0.2) is 6.71 Å². The van der Waals surface area contributed by atoms with Crippen LogP contribution in [0.25, 0.3) is 99.5 Å². The van der Waals surface area contributed by atoms with Gasteiger partial charge >= 0.3 is 0 Å². The minimum atomic E-state index is -0.172. The van der Waals surface area contributed by atoms with Crippen LogP contribution in [0.3, 0.4) is 0 Å². The summed E-state index contributed by atoms with van der Waals surface area (Å²) in [4.78, 5) is 2.61. The summed E-state index contributed by atoms with van der Waals surface area (Å²) in [6.07, 6.45) is 0. The van der Waals surface area contributed by atoms with E-state index in [9.17, 15) is 0 Å². The molecule has 0 fully saturated rings. The van der Waals surface area contributed by atoms with Crippen LogP contribution in [-0.2, 0) is 10.8 Å². The summed E-state index contributed by atoms with van der Waals surface area (Å²) in [6, 6.07) is 94.6. The average molecular weight is 1120 g/mol. The number of para-hydroxylation sites is 2. The summed E-state index contributed by atoms with van der Waals surface area (Å²) in [5.74, 6) is -0.129. The normalized spacial score (nSPS) is 14.4. The average Bonchev–Trinajstić information content (AvgIpc) is 0.991. The molecule has 0 radical (unpaired) electrons. The summed E-state index contributed by atoms with van der Waals surface area (Å²) in [7, 11) is 0. The third-order valence-electron chi connectivity index (χ3n) is 19.2. The molecule has 3 aliphatic rings. The number of rotatable bonds is 6. The summed E-state index contributed by atoms with van der Waals surface area (Å²) in [6.45, 7) is 13.8. The van der Waals surface area contributed by atoms with Gasteiger partial charge in [0.25, 0.3) is 0 Å². The molecule has 14 aromatic rings. The van der Waals surface area contributed by atoms with Crippen molar-refractivity contribution in [2.45, 2.75) is 74.0 Å². The third kappa shape index (κ3) is 8.02. The van der Waals surface area contributed by atoms with Gasteiger partial charge in [0.15, 0.2) is 0 Å². The van der Waals surface area contributed by atoms with Crippen LogP contribution in [0.5, 0.6) is 0 Å². The number of hydrogen-bond acceptors (Lipinski definition) is 3. The fourth-order valence-corrected chi connectivity index (χ4v) is 16.1. The first-order valence-electron chi connectivity index (χ1n) is 30.4. The molecular formula is C82H61BO2S. The minimum Gasteiger partial charge on any atom is -0.456 e. The highest BCUT2D eigenvalue weighted by molar-refractivity contribution is 8.00. The van der Waals surface area contributed by atoms with Crippen molar-refractivity contribution in [3.63, 3.8) is 0 Å². The van der Waals surface area contributed by atoms with Crippen molar-refractivity contribution in [2.75, 3.05) is 0 Å². The van der Waals surface area contributed by atoms with Crippen LogP contribution in [0.1, 0.15) is 97.9 Å². The lowest BCUT2D eigenvalue weighted by molar-refractivity contribution is 0.590. The van der Waals surface area contributed by atoms with Gasteiger partial charge in [-0.05, 0) is 160 Å². The van der Waals surface area contributed by atoms with Gasteiger partial charge < -0.3 is 8.83 Å². The van der Waals surface area contributed by atoms with Crippen LogP contribution < -0.4 is 16.4 Å². The molecule has 12 aromatic carbocycles. The Balaban J connectivity index is 0.957. The second-order valence-corrected chi connectivity index (χ2v) is 27.3. The van der Waals surface area contributed by atoms with E-state index in [2.05, 4.69) is 284 Å². The van der Waals surface area contributed by atoms with E-state index in [1.807, 2.05) is 17.8 Å². The molecule has 4 heterocycles. The fourth-order valence-electron chi connectivity index (χ4n) is 14.9. The van der Waals surface area contributed by atoms with Gasteiger partial charge in [-0.1, -0.05) is 270 Å². The lowest BCUT2D eigenvalue weighted by atomic mass is 9.32. The fraction of sp³-hybridized carbons (Fsp3) is 0.122. The van der Waals surface area contributed by atoms with Crippen molar-refractivity contribution >= 4 is 78.7 Å². The first-order chi connectivity index (χ1) is 41.9. The topological polar surface area (TPSA) is 26.3 Å². The maximum atomic E-state index is 6.45. The molecule has 1 unspecified atom stereocenters. The SMILES string of the molecule is CC(C)(C)c1ccc(-c2cccc(-c3ccc(C(C)(C)C)cc3)c2C2c3cc(-c4ccc5oc6ccccc6c5c4)ccc3B3c4ccc(-c5ccc6oc7ccccc7c6c5)cc4Sc4cc(C5c6ccccc6-c6ccccc65)cc2c43)cc1. The summed E-state index contributed by atoms with van der Waals surface area (Å²) in [5.41, 5.74) is 30.8. The standard InChI is InChI=1S/C82H61BO2S/c1-81(2,3)55-34-26-48(27-35-55)57-22-15-23-58(49-28-36-56(37-29-49)82(4,5)6)78(57)79-67-44-50(51-32-40-73-65(42-51)61-18-11-13-24-71(61)84-73)30-38-69(67)83-70-39-31-53(52-33-41-74-66(43-52)62-19-12-14-25-72(62)85-74)46-75(70)86-76-47-54(45-68(79)80(76)83)77-63-20-9-7-16-59(63)60-17-8-10-21-64(60)77/h7-47,77,79H,1-6H3. The Kier molecular flexibility index (Phi) is 11.3. The Hall–Kier alpha value is -9.35. The quantitative estimate of drug-likeness (QED) is 0.155. The number of fused-ring (bicyclic) bond motifs is 13. The second kappa shape index (κ2) is 19.1. The third-order valence-corrected chi connectivity index (χ3v) is 20.3. The monoisotopic (exact) mass is 1120 g/mol. The first-order valence-corrected chi connectivity index (χ1v) is 31.2. The molecule has 2 aromatic heterocycles. The van der Waals surface area contributed by atoms with Crippen molar-refractivity contribution < 1.29 is 8.83 Å². The predicted molar refractivity (Wildman–Crippen MR) is 362 cm³/mol. The molecule has 410 valence electrons. The zero-order chi connectivity index (χ0) is 57.7. The van der Waals surface area contributed by atoms with E-state index < -0.39 is 0 Å². The molecule has 86 heavy (non-hydrogen) atoms. The zero-order valence-electron chi connectivity index (χ0n) is 49.1. The molecule has 0 saturated carbocycles. The lowest BCUT2D eigenvalue weighted by Gasteiger charge is -2.40. The van der Waals surface area contributed by atoms with E-state index >= 15 is 0 Å². The van der Waals surface area contributed by atoms with Crippen molar-refractivity contribution in [3.05, 3.63) is 293 Å². The van der Waals surface area contributed by atoms with E-state index in [0.29, 0.717) is 0 Å². The van der Waals surface area contributed by atoms with Crippen LogP contribution in [0.4, 0.5) is 0 Å². The molecule has 2 nitrogen and oxygen atoms in total. The highest BCUT2D eigenvalue weighted by Crippen LogP contribution is 2.53. The Labute approximate surface area is 507 Å². The van der Waals surface area contributed by atoms with Crippen molar-refractivity contribution in [1.82, 2.24) is 0 Å². The highest BCUT2D eigenvalue weighted by atomic mass is 32.2. The van der Waals surface area contributed by atoms with E-state index in [1.165, 1.54) is 126 Å². The molecule has 0 bridgehead atoms.